The van der Waals surface area contributed by atoms with Gasteiger partial charge in [0, 0.05) is 24.0 Å². The number of thiol groups is 1. The molecule has 0 bridgehead atoms. The van der Waals surface area contributed by atoms with Gasteiger partial charge in [-0.25, -0.2) is 4.79 Å². The van der Waals surface area contributed by atoms with E-state index in [1.54, 1.807) is 6.08 Å². The standard InChI is InChI=1S/C28H39NO9S/c1-26-9-7-16(30)11-15(26)3-4-17-18-8-10-28(37,27(18,2)12-20(31)24(17)26)21(32)13-38-23(34)6-5-22(33)29-19(14-39)25(35)36/h11,17-20,24,31,37,39H,3-10,12-14H2,1-2H3,(H,29,33)(H,35,36)/t17?,18?,19?,20?,24?,26-,27-,28-/m0/s1. The average Bonchev–Trinajstić information content (AvgIpc) is 3.15. The molecule has 4 rings (SSSR count). The fourth-order valence-corrected chi connectivity index (χ4v) is 8.40. The number of rotatable bonds is 9. The van der Waals surface area contributed by atoms with Gasteiger partial charge in [0.2, 0.25) is 11.7 Å². The number of hydrogen-bond donors (Lipinski definition) is 5. The van der Waals surface area contributed by atoms with Crippen LogP contribution in [0.15, 0.2) is 11.6 Å². The average molecular weight is 566 g/mol. The summed E-state index contributed by atoms with van der Waals surface area (Å²) in [6.07, 6.45) is 4.12. The van der Waals surface area contributed by atoms with Crippen molar-refractivity contribution in [2.24, 2.45) is 28.6 Å². The molecule has 0 saturated heterocycles. The lowest BCUT2D eigenvalue weighted by Gasteiger charge is -2.60. The normalized spacial score (nSPS) is 38.0. The highest BCUT2D eigenvalue weighted by Gasteiger charge is 2.68. The predicted molar refractivity (Wildman–Crippen MR) is 142 cm³/mol. The van der Waals surface area contributed by atoms with Gasteiger partial charge in [0.15, 0.2) is 12.4 Å². The molecule has 3 saturated carbocycles. The van der Waals surface area contributed by atoms with E-state index < -0.39 is 53.4 Å². The van der Waals surface area contributed by atoms with Gasteiger partial charge < -0.3 is 25.4 Å². The monoisotopic (exact) mass is 565 g/mol. The molecule has 0 heterocycles. The van der Waals surface area contributed by atoms with Crippen LogP contribution in [-0.2, 0) is 28.7 Å². The molecule has 0 radical (unpaired) electrons. The summed E-state index contributed by atoms with van der Waals surface area (Å²) in [5.74, 6) is -3.24. The molecule has 3 fully saturated rings. The largest absolute Gasteiger partial charge is 0.480 e. The number of carbonyl (C=O) groups is 5. The number of amides is 1. The van der Waals surface area contributed by atoms with Crippen LogP contribution in [0.5, 0.6) is 0 Å². The SMILES string of the molecule is C[C@]12CCC(=O)C=C1CCC1C2C(O)C[C@@]2(C)C1CC[C@]2(O)C(=O)COC(=O)CCC(=O)NC(CS)C(=O)O. The summed E-state index contributed by atoms with van der Waals surface area (Å²) in [5.41, 5.74) is -1.82. The lowest BCUT2D eigenvalue weighted by Crippen LogP contribution is -2.62. The Morgan fingerprint density at radius 2 is 1.87 bits per heavy atom. The first kappa shape index (κ1) is 29.7. The van der Waals surface area contributed by atoms with Gasteiger partial charge in [0.25, 0.3) is 0 Å². The molecule has 0 aromatic heterocycles. The molecule has 0 aliphatic heterocycles. The van der Waals surface area contributed by atoms with Crippen LogP contribution in [0.25, 0.3) is 0 Å². The minimum Gasteiger partial charge on any atom is -0.480 e. The van der Waals surface area contributed by atoms with Gasteiger partial charge in [-0.2, -0.15) is 12.6 Å². The second-order valence-corrected chi connectivity index (χ2v) is 12.6. The van der Waals surface area contributed by atoms with E-state index in [4.69, 9.17) is 9.84 Å². The third-order valence-electron chi connectivity index (χ3n) is 10.2. The number of ether oxygens (including phenoxy) is 1. The van der Waals surface area contributed by atoms with Crippen molar-refractivity contribution in [3.8, 4) is 0 Å². The maximum absolute atomic E-state index is 13.3. The third kappa shape index (κ3) is 5.17. The molecule has 4 aliphatic rings. The molecule has 4 N–H and O–H groups in total. The first-order valence-corrected chi connectivity index (χ1v) is 14.4. The van der Waals surface area contributed by atoms with Crippen LogP contribution >= 0.6 is 12.6 Å². The van der Waals surface area contributed by atoms with Crippen LogP contribution in [0.3, 0.4) is 0 Å². The van der Waals surface area contributed by atoms with Crippen molar-refractivity contribution < 1.29 is 44.0 Å². The van der Waals surface area contributed by atoms with Crippen LogP contribution in [0.4, 0.5) is 0 Å². The number of aliphatic carboxylic acids is 1. The van der Waals surface area contributed by atoms with Crippen LogP contribution in [0.2, 0.25) is 0 Å². The third-order valence-corrected chi connectivity index (χ3v) is 10.6. The van der Waals surface area contributed by atoms with Crippen molar-refractivity contribution in [1.82, 2.24) is 5.32 Å². The molecule has 8 atom stereocenters. The zero-order chi connectivity index (χ0) is 28.8. The Balaban J connectivity index is 1.39. The van der Waals surface area contributed by atoms with E-state index in [2.05, 4.69) is 24.9 Å². The number of carbonyl (C=O) groups excluding carboxylic acids is 4. The summed E-state index contributed by atoms with van der Waals surface area (Å²) in [7, 11) is 0. The number of aliphatic hydroxyl groups is 2. The van der Waals surface area contributed by atoms with E-state index in [-0.39, 0.29) is 60.4 Å². The molecule has 0 aromatic carbocycles. The predicted octanol–water partition coefficient (Wildman–Crippen LogP) is 1.61. The molecule has 10 nitrogen and oxygen atoms in total. The fourth-order valence-electron chi connectivity index (χ4n) is 8.16. The zero-order valence-electron chi connectivity index (χ0n) is 22.5. The maximum Gasteiger partial charge on any atom is 0.327 e. The molecule has 5 unspecified atom stereocenters. The summed E-state index contributed by atoms with van der Waals surface area (Å²) in [6.45, 7) is 3.34. The Morgan fingerprint density at radius 3 is 2.54 bits per heavy atom. The van der Waals surface area contributed by atoms with Gasteiger partial charge in [-0.15, -0.1) is 0 Å². The molecule has 39 heavy (non-hydrogen) atoms. The quantitative estimate of drug-likeness (QED) is 0.206. The van der Waals surface area contributed by atoms with Crippen LogP contribution < -0.4 is 5.32 Å². The lowest BCUT2D eigenvalue weighted by molar-refractivity contribution is -0.184. The molecular formula is C28H39NO9S. The fraction of sp³-hybridized carbons (Fsp3) is 0.750. The van der Waals surface area contributed by atoms with Gasteiger partial charge in [-0.1, -0.05) is 19.4 Å². The number of nitrogens with one attached hydrogen (secondary N) is 1. The van der Waals surface area contributed by atoms with Crippen molar-refractivity contribution in [2.45, 2.75) is 89.4 Å². The van der Waals surface area contributed by atoms with E-state index in [1.807, 2.05) is 6.92 Å². The van der Waals surface area contributed by atoms with Gasteiger partial charge in [-0.05, 0) is 67.8 Å². The number of aliphatic hydroxyl groups excluding tert-OH is 1. The molecular weight excluding hydrogens is 526 g/mol. The zero-order valence-corrected chi connectivity index (χ0v) is 23.4. The van der Waals surface area contributed by atoms with Crippen LogP contribution in [0, 0.1) is 28.6 Å². The first-order valence-electron chi connectivity index (χ1n) is 13.7. The molecule has 216 valence electrons. The van der Waals surface area contributed by atoms with Crippen molar-refractivity contribution in [3.63, 3.8) is 0 Å². The molecule has 0 spiro atoms. The van der Waals surface area contributed by atoms with E-state index in [1.165, 1.54) is 0 Å². The van der Waals surface area contributed by atoms with Crippen molar-refractivity contribution in [3.05, 3.63) is 11.6 Å². The summed E-state index contributed by atoms with van der Waals surface area (Å²) in [6, 6.07) is -1.18. The van der Waals surface area contributed by atoms with E-state index in [9.17, 15) is 34.2 Å². The second-order valence-electron chi connectivity index (χ2n) is 12.2. The number of fused-ring (bicyclic) bond motifs is 5. The van der Waals surface area contributed by atoms with E-state index in [0.29, 0.717) is 19.3 Å². The van der Waals surface area contributed by atoms with E-state index >= 15 is 0 Å². The number of allylic oxidation sites excluding steroid dienone is 1. The van der Waals surface area contributed by atoms with Crippen LogP contribution in [0.1, 0.15) is 71.6 Å². The molecule has 1 amide bonds. The number of hydrogen-bond acceptors (Lipinski definition) is 9. The Bertz CT molecular complexity index is 1090. The molecule has 0 aromatic rings. The van der Waals surface area contributed by atoms with Gasteiger partial charge in [0.05, 0.1) is 12.5 Å². The summed E-state index contributed by atoms with van der Waals surface area (Å²) in [5, 5.41) is 34.4. The summed E-state index contributed by atoms with van der Waals surface area (Å²) < 4.78 is 5.10. The molecule has 4 aliphatic carbocycles. The smallest absolute Gasteiger partial charge is 0.327 e. The topological polar surface area (TPSA) is 167 Å². The van der Waals surface area contributed by atoms with Gasteiger partial charge >= 0.3 is 11.9 Å². The Hall–Kier alpha value is -2.24. The highest BCUT2D eigenvalue weighted by Crippen LogP contribution is 2.67. The summed E-state index contributed by atoms with van der Waals surface area (Å²) in [4.78, 5) is 60.5. The highest BCUT2D eigenvalue weighted by molar-refractivity contribution is 7.80. The Morgan fingerprint density at radius 1 is 1.15 bits per heavy atom. The first-order chi connectivity index (χ1) is 18.3. The Labute approximate surface area is 233 Å². The van der Waals surface area contributed by atoms with Gasteiger partial charge in [0.1, 0.15) is 11.6 Å². The molecule has 11 heteroatoms. The number of esters is 1. The maximum atomic E-state index is 13.3. The van der Waals surface area contributed by atoms with Gasteiger partial charge in [-0.3, -0.25) is 19.2 Å². The number of ketones is 2. The summed E-state index contributed by atoms with van der Waals surface area (Å²) >= 11 is 3.86. The lowest BCUT2D eigenvalue weighted by atomic mass is 9.45. The second kappa shape index (κ2) is 11.0. The Kier molecular flexibility index (Phi) is 8.36. The minimum absolute atomic E-state index is 0.00395. The number of carboxylic acid groups (broad SMARTS) is 1. The van der Waals surface area contributed by atoms with E-state index in [0.717, 1.165) is 18.4 Å². The number of carboxylic acids is 1. The number of Topliss-reactive ketones (excluding diaryl/α,β-unsaturated/α-hetero) is 1. The minimum atomic E-state index is -1.76. The highest BCUT2D eigenvalue weighted by atomic mass is 32.1. The van der Waals surface area contributed by atoms with Crippen LogP contribution in [-0.4, -0.2) is 74.8 Å². The van der Waals surface area contributed by atoms with Crippen molar-refractivity contribution >= 4 is 42.0 Å². The van der Waals surface area contributed by atoms with Crippen molar-refractivity contribution in [2.75, 3.05) is 12.4 Å². The van der Waals surface area contributed by atoms with Crippen molar-refractivity contribution in [1.29, 1.82) is 0 Å².